The van der Waals surface area contributed by atoms with Crippen LogP contribution in [0.4, 0.5) is 0 Å². The summed E-state index contributed by atoms with van der Waals surface area (Å²) in [6, 6.07) is 4.03. The smallest absolute Gasteiger partial charge is 0.223 e. The molecule has 1 aliphatic rings. The van der Waals surface area contributed by atoms with Crippen LogP contribution in [0.2, 0.25) is 0 Å². The molecule has 1 aromatic heterocycles. The van der Waals surface area contributed by atoms with Gasteiger partial charge in [-0.25, -0.2) is 0 Å². The van der Waals surface area contributed by atoms with E-state index < -0.39 is 0 Å². The van der Waals surface area contributed by atoms with Gasteiger partial charge in [0.1, 0.15) is 5.76 Å². The molecule has 4 heteroatoms. The molecule has 1 aromatic rings. The Bertz CT molecular complexity index is 393. The van der Waals surface area contributed by atoms with Crippen LogP contribution >= 0.6 is 0 Å². The molecule has 1 N–H and O–H groups in total. The van der Waals surface area contributed by atoms with Crippen molar-refractivity contribution >= 4 is 5.91 Å². The van der Waals surface area contributed by atoms with Crippen molar-refractivity contribution in [2.45, 2.75) is 45.6 Å². The lowest BCUT2D eigenvalue weighted by atomic mass is 10.1. The highest BCUT2D eigenvalue weighted by Crippen LogP contribution is 2.25. The van der Waals surface area contributed by atoms with Crippen LogP contribution in [0.1, 0.15) is 51.3 Å². The largest absolute Gasteiger partial charge is 0.468 e. The number of hydrogen-bond acceptors (Lipinski definition) is 3. The van der Waals surface area contributed by atoms with E-state index in [2.05, 4.69) is 24.1 Å². The topological polar surface area (TPSA) is 45.5 Å². The molecule has 1 aliphatic carbocycles. The zero-order chi connectivity index (χ0) is 14.4. The molecule has 0 aliphatic heterocycles. The quantitative estimate of drug-likeness (QED) is 0.834. The van der Waals surface area contributed by atoms with E-state index >= 15 is 0 Å². The maximum Gasteiger partial charge on any atom is 0.223 e. The molecule has 0 unspecified atom stereocenters. The number of carbonyl (C=O) groups is 1. The maximum atomic E-state index is 12.2. The molecule has 1 atom stereocenters. The summed E-state index contributed by atoms with van der Waals surface area (Å²) >= 11 is 0. The average Bonchev–Trinajstić information content (AvgIpc) is 3.15. The molecule has 112 valence electrons. The molecule has 1 amide bonds. The molecule has 1 heterocycles. The number of nitrogens with zero attached hydrogens (tertiary/aromatic N) is 1. The Morgan fingerprint density at radius 2 is 2.10 bits per heavy atom. The van der Waals surface area contributed by atoms with Crippen LogP contribution in [0, 0.1) is 5.92 Å². The second-order valence-corrected chi connectivity index (χ2v) is 5.48. The van der Waals surface area contributed by atoms with E-state index in [9.17, 15) is 4.79 Å². The van der Waals surface area contributed by atoms with E-state index in [1.165, 1.54) is 12.8 Å². The van der Waals surface area contributed by atoms with Gasteiger partial charge >= 0.3 is 0 Å². The highest BCUT2D eigenvalue weighted by molar-refractivity contribution is 5.78. The first-order valence-corrected chi connectivity index (χ1v) is 7.81. The monoisotopic (exact) mass is 278 g/mol. The average molecular weight is 278 g/mol. The first kappa shape index (κ1) is 15.1. The molecule has 0 radical (unpaired) electrons. The second kappa shape index (κ2) is 7.48. The van der Waals surface area contributed by atoms with Crippen molar-refractivity contribution in [2.75, 3.05) is 19.6 Å². The molecule has 20 heavy (non-hydrogen) atoms. The van der Waals surface area contributed by atoms with Gasteiger partial charge in [-0.3, -0.25) is 9.69 Å². The second-order valence-electron chi connectivity index (χ2n) is 5.48. The van der Waals surface area contributed by atoms with Gasteiger partial charge in [0.2, 0.25) is 5.91 Å². The molecule has 0 saturated heterocycles. The van der Waals surface area contributed by atoms with E-state index in [0.717, 1.165) is 31.7 Å². The molecule has 1 fully saturated rings. The van der Waals surface area contributed by atoms with Crippen molar-refractivity contribution in [1.82, 2.24) is 10.2 Å². The lowest BCUT2D eigenvalue weighted by molar-refractivity contribution is -0.125. The van der Waals surface area contributed by atoms with Crippen molar-refractivity contribution < 1.29 is 9.21 Å². The van der Waals surface area contributed by atoms with Crippen LogP contribution in [-0.2, 0) is 4.79 Å². The highest BCUT2D eigenvalue weighted by Gasteiger charge is 2.25. The standard InChI is InChI=1S/C16H26N2O2/c1-3-18(4-2)14(15-10-7-11-20-15)12-17-16(19)13-8-5-6-9-13/h7,10-11,13-14H,3-6,8-9,12H2,1-2H3,(H,17,19)/t14-/m0/s1. The van der Waals surface area contributed by atoms with Crippen LogP contribution in [0.25, 0.3) is 0 Å². The van der Waals surface area contributed by atoms with Gasteiger partial charge in [-0.1, -0.05) is 26.7 Å². The third-order valence-electron chi connectivity index (χ3n) is 4.32. The Morgan fingerprint density at radius 1 is 1.40 bits per heavy atom. The van der Waals surface area contributed by atoms with Crippen molar-refractivity contribution in [2.24, 2.45) is 5.92 Å². The molecule has 2 rings (SSSR count). The van der Waals surface area contributed by atoms with Gasteiger partial charge in [-0.15, -0.1) is 0 Å². The van der Waals surface area contributed by atoms with Crippen LogP contribution in [0.15, 0.2) is 22.8 Å². The van der Waals surface area contributed by atoms with Gasteiger partial charge in [-0.05, 0) is 38.1 Å². The fourth-order valence-corrected chi connectivity index (χ4v) is 3.08. The molecule has 4 nitrogen and oxygen atoms in total. The maximum absolute atomic E-state index is 12.2. The molecule has 1 saturated carbocycles. The van der Waals surface area contributed by atoms with E-state index in [-0.39, 0.29) is 17.9 Å². The van der Waals surface area contributed by atoms with Gasteiger partial charge in [0.25, 0.3) is 0 Å². The zero-order valence-corrected chi connectivity index (χ0v) is 12.6. The minimum Gasteiger partial charge on any atom is -0.468 e. The number of carbonyl (C=O) groups excluding carboxylic acids is 1. The Hall–Kier alpha value is -1.29. The van der Waals surface area contributed by atoms with Gasteiger partial charge in [0.05, 0.1) is 12.3 Å². The summed E-state index contributed by atoms with van der Waals surface area (Å²) in [5.41, 5.74) is 0. The predicted molar refractivity (Wildman–Crippen MR) is 79.3 cm³/mol. The number of likely N-dealkylation sites (N-methyl/N-ethyl adjacent to an activating group) is 1. The third kappa shape index (κ3) is 3.63. The number of nitrogens with one attached hydrogen (secondary N) is 1. The van der Waals surface area contributed by atoms with Gasteiger partial charge in [0, 0.05) is 12.5 Å². The number of rotatable bonds is 7. The number of furan rings is 1. The molecule has 0 bridgehead atoms. The van der Waals surface area contributed by atoms with Crippen LogP contribution in [-0.4, -0.2) is 30.4 Å². The van der Waals surface area contributed by atoms with Crippen LogP contribution < -0.4 is 5.32 Å². The molecular weight excluding hydrogens is 252 g/mol. The minimum absolute atomic E-state index is 0.130. The zero-order valence-electron chi connectivity index (χ0n) is 12.6. The van der Waals surface area contributed by atoms with Crippen LogP contribution in [0.3, 0.4) is 0 Å². The summed E-state index contributed by atoms with van der Waals surface area (Å²) in [5, 5.41) is 3.12. The lowest BCUT2D eigenvalue weighted by Crippen LogP contribution is -2.39. The van der Waals surface area contributed by atoms with E-state index in [0.29, 0.717) is 6.54 Å². The molecular formula is C16H26N2O2. The first-order valence-electron chi connectivity index (χ1n) is 7.81. The van der Waals surface area contributed by atoms with Crippen molar-refractivity contribution in [3.8, 4) is 0 Å². The van der Waals surface area contributed by atoms with Crippen molar-refractivity contribution in [1.29, 1.82) is 0 Å². The third-order valence-corrected chi connectivity index (χ3v) is 4.32. The summed E-state index contributed by atoms with van der Waals surface area (Å²) in [6.07, 6.45) is 6.17. The van der Waals surface area contributed by atoms with E-state index in [1.807, 2.05) is 12.1 Å². The summed E-state index contributed by atoms with van der Waals surface area (Å²) in [6.45, 7) is 6.79. The SMILES string of the molecule is CCN(CC)[C@@H](CNC(=O)C1CCCC1)c1ccco1. The fraction of sp³-hybridized carbons (Fsp3) is 0.688. The van der Waals surface area contributed by atoms with Gasteiger partial charge in [-0.2, -0.15) is 0 Å². The highest BCUT2D eigenvalue weighted by atomic mass is 16.3. The fourth-order valence-electron chi connectivity index (χ4n) is 3.08. The normalized spacial score (nSPS) is 17.6. The predicted octanol–water partition coefficient (Wildman–Crippen LogP) is 2.97. The molecule has 0 spiro atoms. The summed E-state index contributed by atoms with van der Waals surface area (Å²) in [7, 11) is 0. The molecule has 0 aromatic carbocycles. The summed E-state index contributed by atoms with van der Waals surface area (Å²) in [5.74, 6) is 1.37. The minimum atomic E-state index is 0.130. The van der Waals surface area contributed by atoms with Gasteiger partial charge < -0.3 is 9.73 Å². The van der Waals surface area contributed by atoms with E-state index in [4.69, 9.17) is 4.42 Å². The number of amides is 1. The van der Waals surface area contributed by atoms with Crippen molar-refractivity contribution in [3.05, 3.63) is 24.2 Å². The Morgan fingerprint density at radius 3 is 2.65 bits per heavy atom. The number of hydrogen-bond donors (Lipinski definition) is 1. The summed E-state index contributed by atoms with van der Waals surface area (Å²) < 4.78 is 5.55. The lowest BCUT2D eigenvalue weighted by Gasteiger charge is -2.28. The Labute approximate surface area is 121 Å². The summed E-state index contributed by atoms with van der Waals surface area (Å²) in [4.78, 5) is 14.5. The Balaban J connectivity index is 1.95. The van der Waals surface area contributed by atoms with E-state index in [1.54, 1.807) is 6.26 Å². The van der Waals surface area contributed by atoms with Crippen molar-refractivity contribution in [3.63, 3.8) is 0 Å². The van der Waals surface area contributed by atoms with Gasteiger partial charge in [0.15, 0.2) is 0 Å². The van der Waals surface area contributed by atoms with Crippen LogP contribution in [0.5, 0.6) is 0 Å². The Kier molecular flexibility index (Phi) is 5.65. The first-order chi connectivity index (χ1) is 9.76.